The molecule has 0 aromatic heterocycles. The molecular formula is C18H13ClN2O2. The highest BCUT2D eigenvalue weighted by Gasteiger charge is 2.13. The van der Waals surface area contributed by atoms with Gasteiger partial charge in [0, 0.05) is 11.1 Å². The van der Waals surface area contributed by atoms with E-state index in [-0.39, 0.29) is 11.5 Å². The zero-order valence-electron chi connectivity index (χ0n) is 12.0. The molecule has 2 amide bonds. The third-order valence-corrected chi connectivity index (χ3v) is 3.86. The molecule has 0 radical (unpaired) electrons. The van der Waals surface area contributed by atoms with Crippen LogP contribution in [-0.4, -0.2) is 11.8 Å². The average molecular weight is 325 g/mol. The van der Waals surface area contributed by atoms with Gasteiger partial charge in [-0.15, -0.1) is 0 Å². The first kappa shape index (κ1) is 15.1. The molecule has 0 saturated carbocycles. The highest BCUT2D eigenvalue weighted by Crippen LogP contribution is 2.25. The number of amides is 2. The molecule has 0 aliphatic heterocycles. The summed E-state index contributed by atoms with van der Waals surface area (Å²) in [5.41, 5.74) is 6.41. The van der Waals surface area contributed by atoms with Crippen LogP contribution < -0.4 is 11.1 Å². The Kier molecular flexibility index (Phi) is 4.00. The monoisotopic (exact) mass is 324 g/mol. The number of carbonyl (C=O) groups is 2. The van der Waals surface area contributed by atoms with Crippen molar-refractivity contribution in [3.63, 3.8) is 0 Å². The van der Waals surface area contributed by atoms with Gasteiger partial charge in [0.2, 0.25) is 5.91 Å². The van der Waals surface area contributed by atoms with E-state index in [1.165, 1.54) is 18.2 Å². The van der Waals surface area contributed by atoms with E-state index in [2.05, 4.69) is 5.32 Å². The maximum absolute atomic E-state index is 12.6. The van der Waals surface area contributed by atoms with E-state index >= 15 is 0 Å². The zero-order chi connectivity index (χ0) is 16.4. The minimum atomic E-state index is -0.581. The number of rotatable bonds is 3. The van der Waals surface area contributed by atoms with Crippen molar-refractivity contribution in [1.29, 1.82) is 0 Å². The number of nitrogens with one attached hydrogen (secondary N) is 1. The van der Waals surface area contributed by atoms with E-state index in [9.17, 15) is 9.59 Å². The molecule has 0 fully saturated rings. The SMILES string of the molecule is NC(=O)c1ccc(Cl)c(NC(=O)c2cccc3ccccc23)c1. The number of carbonyl (C=O) groups excluding carboxylic acids is 2. The summed E-state index contributed by atoms with van der Waals surface area (Å²) in [6.07, 6.45) is 0. The van der Waals surface area contributed by atoms with Crippen LogP contribution in [0.15, 0.2) is 60.7 Å². The van der Waals surface area contributed by atoms with Gasteiger partial charge in [0.25, 0.3) is 5.91 Å². The number of benzene rings is 3. The van der Waals surface area contributed by atoms with Crippen molar-refractivity contribution in [2.75, 3.05) is 5.32 Å². The lowest BCUT2D eigenvalue weighted by Gasteiger charge is -2.10. The summed E-state index contributed by atoms with van der Waals surface area (Å²) in [6.45, 7) is 0. The normalized spacial score (nSPS) is 10.5. The standard InChI is InChI=1S/C18H13ClN2O2/c19-15-9-8-12(17(20)22)10-16(15)21-18(23)14-7-3-5-11-4-1-2-6-13(11)14/h1-10H,(H2,20,22)(H,21,23). The van der Waals surface area contributed by atoms with Gasteiger partial charge in [-0.1, -0.05) is 48.0 Å². The molecule has 0 atom stereocenters. The lowest BCUT2D eigenvalue weighted by atomic mass is 10.0. The highest BCUT2D eigenvalue weighted by molar-refractivity contribution is 6.34. The van der Waals surface area contributed by atoms with Crippen LogP contribution in [0.2, 0.25) is 5.02 Å². The van der Waals surface area contributed by atoms with E-state index in [0.717, 1.165) is 10.8 Å². The Morgan fingerprint density at radius 3 is 2.48 bits per heavy atom. The van der Waals surface area contributed by atoms with E-state index in [0.29, 0.717) is 16.3 Å². The molecule has 3 aromatic carbocycles. The fourth-order valence-corrected chi connectivity index (χ4v) is 2.55. The molecule has 5 heteroatoms. The quantitative estimate of drug-likeness (QED) is 0.768. The van der Waals surface area contributed by atoms with Crippen LogP contribution in [0.4, 0.5) is 5.69 Å². The van der Waals surface area contributed by atoms with Crippen LogP contribution in [0.5, 0.6) is 0 Å². The lowest BCUT2D eigenvalue weighted by Crippen LogP contribution is -2.15. The Labute approximate surface area is 137 Å². The number of nitrogens with two attached hydrogens (primary N) is 1. The molecule has 3 aromatic rings. The van der Waals surface area contributed by atoms with Crippen LogP contribution in [-0.2, 0) is 0 Å². The van der Waals surface area contributed by atoms with Gasteiger partial charge in [0.05, 0.1) is 10.7 Å². The first-order valence-electron chi connectivity index (χ1n) is 6.95. The number of anilines is 1. The van der Waals surface area contributed by atoms with Gasteiger partial charge in [0.15, 0.2) is 0 Å². The minimum Gasteiger partial charge on any atom is -0.366 e. The van der Waals surface area contributed by atoms with Crippen LogP contribution in [0, 0.1) is 0 Å². The summed E-state index contributed by atoms with van der Waals surface area (Å²) in [6, 6.07) is 17.6. The smallest absolute Gasteiger partial charge is 0.256 e. The Morgan fingerprint density at radius 1 is 0.957 bits per heavy atom. The van der Waals surface area contributed by atoms with Crippen LogP contribution in [0.1, 0.15) is 20.7 Å². The fourth-order valence-electron chi connectivity index (χ4n) is 2.39. The Bertz CT molecular complexity index is 917. The van der Waals surface area contributed by atoms with Crippen molar-refractivity contribution >= 4 is 39.9 Å². The summed E-state index contributed by atoms with van der Waals surface area (Å²) in [5.74, 6) is -0.882. The second-order valence-corrected chi connectivity index (χ2v) is 5.45. The third-order valence-electron chi connectivity index (χ3n) is 3.53. The van der Waals surface area contributed by atoms with Crippen molar-refractivity contribution in [3.8, 4) is 0 Å². The summed E-state index contributed by atoms with van der Waals surface area (Å²) >= 11 is 6.08. The summed E-state index contributed by atoms with van der Waals surface area (Å²) < 4.78 is 0. The van der Waals surface area contributed by atoms with Gasteiger partial charge in [0.1, 0.15) is 0 Å². The molecule has 0 saturated heterocycles. The van der Waals surface area contributed by atoms with Crippen molar-refractivity contribution in [3.05, 3.63) is 76.8 Å². The average Bonchev–Trinajstić information content (AvgIpc) is 2.56. The van der Waals surface area contributed by atoms with Gasteiger partial charge < -0.3 is 11.1 Å². The van der Waals surface area contributed by atoms with Crippen LogP contribution in [0.3, 0.4) is 0 Å². The predicted molar refractivity (Wildman–Crippen MR) is 91.9 cm³/mol. The van der Waals surface area contributed by atoms with Gasteiger partial charge in [-0.25, -0.2) is 0 Å². The largest absolute Gasteiger partial charge is 0.366 e. The van der Waals surface area contributed by atoms with Gasteiger partial charge >= 0.3 is 0 Å². The first-order valence-corrected chi connectivity index (χ1v) is 7.32. The summed E-state index contributed by atoms with van der Waals surface area (Å²) in [5, 5.41) is 4.88. The molecule has 0 aliphatic carbocycles. The maximum atomic E-state index is 12.6. The molecule has 0 bridgehead atoms. The minimum absolute atomic E-state index is 0.280. The molecular weight excluding hydrogens is 312 g/mol. The molecule has 0 unspecified atom stereocenters. The molecule has 3 N–H and O–H groups in total. The van der Waals surface area contributed by atoms with Gasteiger partial charge in [-0.2, -0.15) is 0 Å². The topological polar surface area (TPSA) is 72.2 Å². The summed E-state index contributed by atoms with van der Waals surface area (Å²) in [4.78, 5) is 23.8. The van der Waals surface area contributed by atoms with Gasteiger partial charge in [-0.05, 0) is 35.0 Å². The molecule has 0 spiro atoms. The third kappa shape index (κ3) is 3.03. The van der Waals surface area contributed by atoms with Crippen LogP contribution in [0.25, 0.3) is 10.8 Å². The number of hydrogen-bond donors (Lipinski definition) is 2. The predicted octanol–water partition coefficient (Wildman–Crippen LogP) is 3.84. The van der Waals surface area contributed by atoms with E-state index in [4.69, 9.17) is 17.3 Å². The van der Waals surface area contributed by atoms with E-state index in [1.54, 1.807) is 6.07 Å². The van der Waals surface area contributed by atoms with Crippen LogP contribution >= 0.6 is 11.6 Å². The summed E-state index contributed by atoms with van der Waals surface area (Å²) in [7, 11) is 0. The maximum Gasteiger partial charge on any atom is 0.256 e. The second-order valence-electron chi connectivity index (χ2n) is 5.04. The van der Waals surface area contributed by atoms with Crippen molar-refractivity contribution < 1.29 is 9.59 Å². The molecule has 4 nitrogen and oxygen atoms in total. The zero-order valence-corrected chi connectivity index (χ0v) is 12.8. The lowest BCUT2D eigenvalue weighted by molar-refractivity contribution is 0.0996. The molecule has 3 rings (SSSR count). The number of fused-ring (bicyclic) bond motifs is 1. The van der Waals surface area contributed by atoms with E-state index in [1.807, 2.05) is 36.4 Å². The Hall–Kier alpha value is -2.85. The number of halogens is 1. The number of hydrogen-bond acceptors (Lipinski definition) is 2. The van der Waals surface area contributed by atoms with Gasteiger partial charge in [-0.3, -0.25) is 9.59 Å². The molecule has 23 heavy (non-hydrogen) atoms. The van der Waals surface area contributed by atoms with Crippen molar-refractivity contribution in [2.24, 2.45) is 5.73 Å². The molecule has 0 aliphatic rings. The second kappa shape index (κ2) is 6.10. The van der Waals surface area contributed by atoms with E-state index < -0.39 is 5.91 Å². The highest BCUT2D eigenvalue weighted by atomic mass is 35.5. The first-order chi connectivity index (χ1) is 11.1. The van der Waals surface area contributed by atoms with Crippen molar-refractivity contribution in [1.82, 2.24) is 0 Å². The fraction of sp³-hybridized carbons (Fsp3) is 0. The van der Waals surface area contributed by atoms with Crippen molar-refractivity contribution in [2.45, 2.75) is 0 Å². The Balaban J connectivity index is 1.98. The Morgan fingerprint density at radius 2 is 1.70 bits per heavy atom. The number of primary amides is 1. The molecule has 0 heterocycles. The molecule has 114 valence electrons.